The predicted molar refractivity (Wildman–Crippen MR) is 112 cm³/mol. The number of esters is 1. The number of rotatable bonds is 7. The summed E-state index contributed by atoms with van der Waals surface area (Å²) in [7, 11) is 0. The van der Waals surface area contributed by atoms with Crippen LogP contribution in [-0.2, 0) is 9.53 Å². The summed E-state index contributed by atoms with van der Waals surface area (Å²) in [5, 5.41) is 9.59. The first-order valence-corrected chi connectivity index (χ1v) is 9.60. The van der Waals surface area contributed by atoms with Crippen LogP contribution in [-0.4, -0.2) is 5.97 Å². The van der Waals surface area contributed by atoms with Crippen LogP contribution in [0.4, 0.5) is 0 Å². The predicted octanol–water partition coefficient (Wildman–Crippen LogP) is 5.91. The molecule has 0 amide bonds. The molecule has 1 saturated carbocycles. The van der Waals surface area contributed by atoms with Crippen molar-refractivity contribution in [3.8, 4) is 17.6 Å². The molecule has 0 bridgehead atoms. The molecule has 29 heavy (non-hydrogen) atoms. The van der Waals surface area contributed by atoms with Crippen LogP contribution in [0, 0.1) is 35.5 Å². The van der Waals surface area contributed by atoms with E-state index in [4.69, 9.17) is 9.47 Å². The minimum Gasteiger partial charge on any atom is -0.457 e. The lowest BCUT2D eigenvalue weighted by Crippen LogP contribution is -2.14. The van der Waals surface area contributed by atoms with Gasteiger partial charge in [0, 0.05) is 5.56 Å². The molecule has 0 heterocycles. The standard InChI is InChI=1S/C25H25NO3/c1-5-6-13-21-23(25(21,3)4)24(27)29-22(16-26)18-10-8-12-20(15-18)28-19-11-7-9-17(2)14-19/h5-15,21-23H,1H2,2-4H3. The largest absolute Gasteiger partial charge is 0.457 e. The van der Waals surface area contributed by atoms with Gasteiger partial charge in [-0.3, -0.25) is 4.79 Å². The van der Waals surface area contributed by atoms with Crippen LogP contribution in [0.25, 0.3) is 0 Å². The van der Waals surface area contributed by atoms with Crippen molar-refractivity contribution >= 4 is 5.97 Å². The number of ether oxygens (including phenoxy) is 2. The van der Waals surface area contributed by atoms with Crippen LogP contribution in [0.2, 0.25) is 0 Å². The Hall–Kier alpha value is -3.32. The van der Waals surface area contributed by atoms with E-state index in [9.17, 15) is 10.1 Å². The van der Waals surface area contributed by atoms with Gasteiger partial charge in [-0.1, -0.05) is 62.9 Å². The summed E-state index contributed by atoms with van der Waals surface area (Å²) < 4.78 is 11.4. The van der Waals surface area contributed by atoms with Gasteiger partial charge < -0.3 is 9.47 Å². The maximum atomic E-state index is 12.7. The van der Waals surface area contributed by atoms with Crippen molar-refractivity contribution in [1.29, 1.82) is 5.26 Å². The van der Waals surface area contributed by atoms with Crippen molar-refractivity contribution in [1.82, 2.24) is 0 Å². The van der Waals surface area contributed by atoms with Gasteiger partial charge >= 0.3 is 5.97 Å². The lowest BCUT2D eigenvalue weighted by molar-refractivity contribution is -0.149. The smallest absolute Gasteiger partial charge is 0.311 e. The van der Waals surface area contributed by atoms with E-state index in [-0.39, 0.29) is 23.2 Å². The fraction of sp³-hybridized carbons (Fsp3) is 0.280. The lowest BCUT2D eigenvalue weighted by Gasteiger charge is -2.14. The Morgan fingerprint density at radius 1 is 1.21 bits per heavy atom. The quantitative estimate of drug-likeness (QED) is 0.438. The third kappa shape index (κ3) is 4.57. The Bertz CT molecular complexity index is 984. The third-order valence-electron chi connectivity index (χ3n) is 5.36. The average molecular weight is 387 g/mol. The van der Waals surface area contributed by atoms with Crippen molar-refractivity contribution in [2.45, 2.75) is 26.9 Å². The molecule has 0 N–H and O–H groups in total. The molecule has 4 nitrogen and oxygen atoms in total. The van der Waals surface area contributed by atoms with Gasteiger partial charge in [-0.25, -0.2) is 0 Å². The van der Waals surface area contributed by atoms with E-state index in [0.29, 0.717) is 17.1 Å². The van der Waals surface area contributed by atoms with Gasteiger partial charge in [0.1, 0.15) is 17.6 Å². The molecule has 0 radical (unpaired) electrons. The molecule has 148 valence electrons. The zero-order valence-corrected chi connectivity index (χ0v) is 17.0. The highest BCUT2D eigenvalue weighted by Crippen LogP contribution is 2.59. The van der Waals surface area contributed by atoms with Crippen LogP contribution >= 0.6 is 0 Å². The number of nitriles is 1. The molecular formula is C25H25NO3. The number of carbonyl (C=O) groups is 1. The van der Waals surface area contributed by atoms with Gasteiger partial charge in [0.05, 0.1) is 5.92 Å². The minimum absolute atomic E-state index is 0.0864. The summed E-state index contributed by atoms with van der Waals surface area (Å²) in [4.78, 5) is 12.7. The SMILES string of the molecule is C=CC=CC1C(C(=O)OC(C#N)c2cccc(Oc3cccc(C)c3)c2)C1(C)C. The number of carbonyl (C=O) groups excluding carboxylic acids is 1. The van der Waals surface area contributed by atoms with Crippen LogP contribution in [0.15, 0.2) is 73.3 Å². The molecule has 0 spiro atoms. The molecule has 2 aromatic rings. The summed E-state index contributed by atoms with van der Waals surface area (Å²) in [5.41, 5.74) is 1.49. The van der Waals surface area contributed by atoms with E-state index < -0.39 is 6.10 Å². The van der Waals surface area contributed by atoms with Crippen LogP contribution in [0.3, 0.4) is 0 Å². The summed E-state index contributed by atoms with van der Waals surface area (Å²) in [6.45, 7) is 9.70. The molecule has 3 rings (SSSR count). The molecule has 0 aromatic heterocycles. The summed E-state index contributed by atoms with van der Waals surface area (Å²) in [6, 6.07) is 16.9. The fourth-order valence-electron chi connectivity index (χ4n) is 3.60. The monoisotopic (exact) mass is 387 g/mol. The molecule has 0 aliphatic heterocycles. The van der Waals surface area contributed by atoms with E-state index in [1.54, 1.807) is 24.3 Å². The van der Waals surface area contributed by atoms with Gasteiger partial charge in [-0.05, 0) is 48.1 Å². The number of benzene rings is 2. The van der Waals surface area contributed by atoms with Gasteiger partial charge in [0.25, 0.3) is 0 Å². The third-order valence-corrected chi connectivity index (χ3v) is 5.36. The van der Waals surface area contributed by atoms with Crippen molar-refractivity contribution < 1.29 is 14.3 Å². The van der Waals surface area contributed by atoms with E-state index in [1.807, 2.05) is 63.3 Å². The van der Waals surface area contributed by atoms with Gasteiger partial charge in [-0.2, -0.15) is 5.26 Å². The minimum atomic E-state index is -0.982. The Morgan fingerprint density at radius 3 is 2.55 bits per heavy atom. The number of hydrogen-bond acceptors (Lipinski definition) is 4. The lowest BCUT2D eigenvalue weighted by atomic mass is 10.1. The highest BCUT2D eigenvalue weighted by molar-refractivity contribution is 5.78. The Balaban J connectivity index is 1.72. The molecule has 2 aromatic carbocycles. The van der Waals surface area contributed by atoms with Crippen molar-refractivity contribution in [2.75, 3.05) is 0 Å². The molecule has 1 aliphatic carbocycles. The molecule has 1 aliphatic rings. The second kappa shape index (κ2) is 8.36. The zero-order chi connectivity index (χ0) is 21.0. The number of aryl methyl sites for hydroxylation is 1. The van der Waals surface area contributed by atoms with Crippen LogP contribution < -0.4 is 4.74 Å². The molecule has 4 heteroatoms. The molecule has 0 saturated heterocycles. The van der Waals surface area contributed by atoms with E-state index in [0.717, 1.165) is 5.56 Å². The molecular weight excluding hydrogens is 362 g/mol. The van der Waals surface area contributed by atoms with E-state index in [2.05, 4.69) is 12.6 Å². The normalized spacial score (nSPS) is 20.5. The highest BCUT2D eigenvalue weighted by atomic mass is 16.5. The highest BCUT2D eigenvalue weighted by Gasteiger charge is 2.61. The Kier molecular flexibility index (Phi) is 5.89. The van der Waals surface area contributed by atoms with Crippen molar-refractivity contribution in [3.63, 3.8) is 0 Å². The Labute approximate surface area is 172 Å². The summed E-state index contributed by atoms with van der Waals surface area (Å²) in [6.07, 6.45) is 4.52. The van der Waals surface area contributed by atoms with Crippen molar-refractivity contribution in [3.05, 3.63) is 84.5 Å². The maximum Gasteiger partial charge on any atom is 0.311 e. The fourth-order valence-corrected chi connectivity index (χ4v) is 3.60. The second-order valence-electron chi connectivity index (χ2n) is 7.88. The van der Waals surface area contributed by atoms with Gasteiger partial charge in [0.2, 0.25) is 6.10 Å². The molecule has 1 fully saturated rings. The topological polar surface area (TPSA) is 59.3 Å². The maximum absolute atomic E-state index is 12.7. The first-order chi connectivity index (χ1) is 13.9. The number of nitrogens with zero attached hydrogens (tertiary/aromatic N) is 1. The summed E-state index contributed by atoms with van der Waals surface area (Å²) in [5.74, 6) is 0.766. The van der Waals surface area contributed by atoms with E-state index in [1.165, 1.54) is 0 Å². The average Bonchev–Trinajstić information content (AvgIpc) is 3.25. The first kappa shape index (κ1) is 20.4. The number of allylic oxidation sites excluding steroid dienone is 3. The summed E-state index contributed by atoms with van der Waals surface area (Å²) >= 11 is 0. The van der Waals surface area contributed by atoms with Crippen molar-refractivity contribution in [2.24, 2.45) is 17.3 Å². The van der Waals surface area contributed by atoms with E-state index >= 15 is 0 Å². The Morgan fingerprint density at radius 2 is 1.90 bits per heavy atom. The van der Waals surface area contributed by atoms with Gasteiger partial charge in [0.15, 0.2) is 0 Å². The number of hydrogen-bond donors (Lipinski definition) is 0. The molecule has 3 unspecified atom stereocenters. The molecule has 3 atom stereocenters. The van der Waals surface area contributed by atoms with Gasteiger partial charge in [-0.15, -0.1) is 0 Å². The zero-order valence-electron chi connectivity index (χ0n) is 17.0. The second-order valence-corrected chi connectivity index (χ2v) is 7.88. The van der Waals surface area contributed by atoms with Crippen LogP contribution in [0.5, 0.6) is 11.5 Å². The first-order valence-electron chi connectivity index (χ1n) is 9.60. The van der Waals surface area contributed by atoms with Crippen LogP contribution in [0.1, 0.15) is 31.1 Å².